The van der Waals surface area contributed by atoms with Gasteiger partial charge in [-0.2, -0.15) is 0 Å². The van der Waals surface area contributed by atoms with Crippen LogP contribution in [0.3, 0.4) is 0 Å². The molecular weight excluding hydrogens is 1150 g/mol. The summed E-state index contributed by atoms with van der Waals surface area (Å²) in [5, 5.41) is 0. The number of amides is 2. The molecule has 81 heavy (non-hydrogen) atoms. The van der Waals surface area contributed by atoms with Gasteiger partial charge in [-0.05, 0) is 71.1 Å². The van der Waals surface area contributed by atoms with E-state index in [4.69, 9.17) is 52.1 Å². The molecule has 3 heterocycles. The van der Waals surface area contributed by atoms with Crippen LogP contribution in [0.4, 0.5) is 4.39 Å². The first-order valence-electron chi connectivity index (χ1n) is 27.1. The van der Waals surface area contributed by atoms with Crippen molar-refractivity contribution in [1.29, 1.82) is 0 Å². The van der Waals surface area contributed by atoms with Gasteiger partial charge in [0, 0.05) is 0 Å². The number of carbonyl (C=O) groups is 2. The lowest BCUT2D eigenvalue weighted by molar-refractivity contribution is -0.344. The lowest BCUT2D eigenvalue weighted by Crippen LogP contribution is -2.68. The quantitative estimate of drug-likeness (QED) is 0.0220. The molecule has 0 bridgehead atoms. The first kappa shape index (κ1) is 57.8. The van der Waals surface area contributed by atoms with Crippen molar-refractivity contribution < 1.29 is 66.1 Å². The van der Waals surface area contributed by atoms with Gasteiger partial charge in [-0.3, -0.25) is 14.5 Å². The van der Waals surface area contributed by atoms with Gasteiger partial charge in [-0.15, -0.1) is 0 Å². The van der Waals surface area contributed by atoms with Crippen LogP contribution in [0.2, 0.25) is 0 Å². The summed E-state index contributed by atoms with van der Waals surface area (Å²) in [7, 11) is 1.56. The monoisotopic (exact) mass is 1210 g/mol. The van der Waals surface area contributed by atoms with Gasteiger partial charge < -0.3 is 52.1 Å². The number of hydrogen-bond acceptors (Lipinski definition) is 13. The highest BCUT2D eigenvalue weighted by Crippen LogP contribution is 2.39. The Kier molecular flexibility index (Phi) is 20.4. The Morgan fingerprint density at radius 2 is 0.877 bits per heavy atom. The van der Waals surface area contributed by atoms with Gasteiger partial charge in [-0.25, -0.2) is 4.39 Å². The molecule has 10 rings (SSSR count). The highest BCUT2D eigenvalue weighted by Gasteiger charge is 2.57. The van der Waals surface area contributed by atoms with Crippen molar-refractivity contribution in [3.05, 3.63) is 239 Å². The number of halogens is 2. The van der Waals surface area contributed by atoms with E-state index >= 15 is 4.39 Å². The average molecular weight is 1210 g/mol. The number of rotatable bonds is 26. The number of hydrogen-bond donors (Lipinski definition) is 0. The molecule has 7 aromatic rings. The van der Waals surface area contributed by atoms with Crippen LogP contribution in [0.25, 0.3) is 0 Å². The third-order valence-corrected chi connectivity index (χ3v) is 14.8. The first-order valence-corrected chi connectivity index (χ1v) is 28.3. The van der Waals surface area contributed by atoms with Gasteiger partial charge in [0.25, 0.3) is 11.8 Å². The number of methoxy groups -OCH3 is 1. The van der Waals surface area contributed by atoms with Crippen molar-refractivity contribution in [3.8, 4) is 11.5 Å². The molecule has 3 aliphatic heterocycles. The average Bonchev–Trinajstić information content (AvgIpc) is 4.06. The normalized spacial score (nSPS) is 24.3. The summed E-state index contributed by atoms with van der Waals surface area (Å²) in [6.45, 7) is 2.43. The minimum absolute atomic E-state index is 0.00970. The number of nitrogens with zero attached hydrogens (tertiary/aromatic N) is 1. The number of ether oxygens (including phenoxy) is 11. The lowest BCUT2D eigenvalue weighted by Gasteiger charge is -2.49. The lowest BCUT2D eigenvalue weighted by atomic mass is 9.94. The molecule has 0 spiro atoms. The summed E-state index contributed by atoms with van der Waals surface area (Å²) < 4.78 is 90.2. The number of alkyl halides is 2. The third kappa shape index (κ3) is 14.8. The molecule has 12 atom stereocenters. The molecule has 2 fully saturated rings. The Balaban J connectivity index is 1.03. The van der Waals surface area contributed by atoms with Crippen molar-refractivity contribution in [2.75, 3.05) is 20.3 Å². The molecule has 0 radical (unpaired) electrons. The fraction of sp³-hybridized carbons (Fsp3) is 0.323. The van der Waals surface area contributed by atoms with E-state index < -0.39 is 83.4 Å². The fourth-order valence-electron chi connectivity index (χ4n) is 10.1. The predicted molar refractivity (Wildman–Crippen MR) is 307 cm³/mol. The summed E-state index contributed by atoms with van der Waals surface area (Å²) in [6.07, 6.45) is -12.6. The van der Waals surface area contributed by atoms with E-state index in [0.717, 1.165) is 32.7 Å². The molecule has 2 amide bonds. The molecule has 0 aromatic heterocycles. The van der Waals surface area contributed by atoms with E-state index in [2.05, 4.69) is 22.6 Å². The maximum Gasteiger partial charge on any atom is 0.262 e. The van der Waals surface area contributed by atoms with E-state index in [1.54, 1.807) is 55.6 Å². The Morgan fingerprint density at radius 1 is 0.481 bits per heavy atom. The van der Waals surface area contributed by atoms with Crippen molar-refractivity contribution in [2.24, 2.45) is 0 Å². The van der Waals surface area contributed by atoms with Gasteiger partial charge >= 0.3 is 0 Å². The van der Waals surface area contributed by atoms with E-state index in [9.17, 15) is 9.59 Å². The number of benzene rings is 7. The minimum Gasteiger partial charge on any atom is -0.497 e. The van der Waals surface area contributed by atoms with Crippen LogP contribution < -0.4 is 9.47 Å². The predicted octanol–water partition coefficient (Wildman–Crippen LogP) is 11.3. The van der Waals surface area contributed by atoms with Crippen LogP contribution in [0, 0.1) is 0 Å². The van der Waals surface area contributed by atoms with Crippen molar-refractivity contribution in [2.45, 2.75) is 112 Å². The van der Waals surface area contributed by atoms with Crippen LogP contribution in [0.1, 0.15) is 55.5 Å². The summed E-state index contributed by atoms with van der Waals surface area (Å²) >= 11 is 2.18. The topological polar surface area (TPSA) is 139 Å². The summed E-state index contributed by atoms with van der Waals surface area (Å²) in [5.41, 5.74) is 4.78. The molecule has 7 aromatic carbocycles. The molecule has 422 valence electrons. The number of imide groups is 1. The van der Waals surface area contributed by atoms with E-state index in [0.29, 0.717) is 11.5 Å². The third-order valence-electron chi connectivity index (χ3n) is 14.2. The van der Waals surface area contributed by atoms with Crippen LogP contribution in [-0.2, 0) is 75.7 Å². The highest BCUT2D eigenvalue weighted by molar-refractivity contribution is 14.1. The summed E-state index contributed by atoms with van der Waals surface area (Å²) in [4.78, 5) is 30.8. The molecule has 0 aliphatic carbocycles. The second-order valence-corrected chi connectivity index (χ2v) is 21.9. The molecule has 2 unspecified atom stereocenters. The summed E-state index contributed by atoms with van der Waals surface area (Å²) in [5.74, 6) is -0.207. The Labute approximate surface area is 485 Å². The van der Waals surface area contributed by atoms with E-state index in [1.807, 2.05) is 159 Å². The number of fused-ring (bicyclic) bond motifs is 1. The largest absolute Gasteiger partial charge is 0.497 e. The molecule has 14 nitrogen and oxygen atoms in total. The smallest absolute Gasteiger partial charge is 0.262 e. The standard InChI is InChI=1S/C65H65FINO13/c1-43(67)64(81-60-59(76-40-48-28-16-7-17-29-48)56(74-38-46-24-12-5-13-25-46)53(78-61(60)66)41-72-36-44-20-8-3-9-21-44)80-57-54(42-73-37-45-22-10-4-11-23-45)79-65(77-50-34-32-49(71-2)33-35-50)55(58(57)75-39-47-26-14-6-15-27-47)68-62(69)51-30-18-19-31-52(51)63(68)70/h3-35,43,53-61,64-65H,36-42H2,1-2H3/t43?,53-,54-,55-,56-,57-,58-,59+,60+,61+,64?,65-/m1/s1. The van der Waals surface area contributed by atoms with Gasteiger partial charge in [0.2, 0.25) is 12.6 Å². The molecule has 0 saturated carbocycles. The molecule has 2 saturated heterocycles. The second kappa shape index (κ2) is 28.5. The minimum atomic E-state index is -2.08. The zero-order valence-electron chi connectivity index (χ0n) is 44.9. The van der Waals surface area contributed by atoms with Gasteiger partial charge in [-0.1, -0.05) is 186 Å². The maximum atomic E-state index is 17.6. The Bertz CT molecular complexity index is 3010. The zero-order valence-corrected chi connectivity index (χ0v) is 47.1. The molecule has 0 N–H and O–H groups in total. The van der Waals surface area contributed by atoms with Crippen LogP contribution >= 0.6 is 22.6 Å². The highest BCUT2D eigenvalue weighted by atomic mass is 127. The van der Waals surface area contributed by atoms with Crippen LogP contribution in [-0.4, -0.2) is 109 Å². The Morgan fingerprint density at radius 3 is 1.33 bits per heavy atom. The molecule has 16 heteroatoms. The van der Waals surface area contributed by atoms with Crippen LogP contribution in [0.5, 0.6) is 11.5 Å². The maximum absolute atomic E-state index is 17.6. The van der Waals surface area contributed by atoms with Gasteiger partial charge in [0.15, 0.2) is 6.29 Å². The Hall–Kier alpha value is -6.42. The van der Waals surface area contributed by atoms with Gasteiger partial charge in [0.1, 0.15) is 60.3 Å². The van der Waals surface area contributed by atoms with Crippen LogP contribution in [0.15, 0.2) is 200 Å². The summed E-state index contributed by atoms with van der Waals surface area (Å²) in [6, 6.07) is 60.3. The van der Waals surface area contributed by atoms with E-state index in [-0.39, 0.29) is 57.4 Å². The van der Waals surface area contributed by atoms with E-state index in [1.165, 1.54) is 0 Å². The number of carbonyl (C=O) groups excluding carboxylic acids is 2. The van der Waals surface area contributed by atoms with Crippen molar-refractivity contribution >= 4 is 34.4 Å². The first-order chi connectivity index (χ1) is 39.7. The fourth-order valence-corrected chi connectivity index (χ4v) is 10.5. The second-order valence-electron chi connectivity index (χ2n) is 19.9. The molecular formula is C65H65FINO13. The SMILES string of the molecule is COc1ccc(O[C@@H]2O[C@H](COCc3ccccc3)[C@@H](OC(O[C@H]3[C@@H](OCc4ccccc4)[C@H](OCc4ccccc4)[C@@H](COCc4ccccc4)O[C@@H]3F)C(C)I)[C@H](OCc3ccccc3)[C@H]2N2C(=O)c3ccccc3C2=O)cc1. The van der Waals surface area contributed by atoms with Gasteiger partial charge in [0.05, 0.1) is 68.4 Å². The van der Waals surface area contributed by atoms with Crippen molar-refractivity contribution in [1.82, 2.24) is 4.90 Å². The zero-order chi connectivity index (χ0) is 55.9. The van der Waals surface area contributed by atoms with Crippen molar-refractivity contribution in [3.63, 3.8) is 0 Å². The molecule has 3 aliphatic rings.